The van der Waals surface area contributed by atoms with Crippen LogP contribution in [0.15, 0.2) is 12.2 Å². The van der Waals surface area contributed by atoms with E-state index in [9.17, 15) is 14.4 Å². The summed E-state index contributed by atoms with van der Waals surface area (Å²) in [6.07, 6.45) is 5.06. The molecule has 1 aliphatic rings. The van der Waals surface area contributed by atoms with Gasteiger partial charge in [0.05, 0.1) is 18.4 Å². The Morgan fingerprint density at radius 1 is 1.32 bits per heavy atom. The Kier molecular flexibility index (Phi) is 8.13. The molecule has 6 heteroatoms. The van der Waals surface area contributed by atoms with Crippen molar-refractivity contribution in [2.75, 3.05) is 6.61 Å². The van der Waals surface area contributed by atoms with Crippen molar-refractivity contribution in [3.63, 3.8) is 0 Å². The number of esters is 2. The third kappa shape index (κ3) is 8.70. The first-order valence-electron chi connectivity index (χ1n) is 8.91. The molecule has 0 aliphatic carbocycles. The van der Waals surface area contributed by atoms with Crippen LogP contribution in [0.25, 0.3) is 0 Å². The van der Waals surface area contributed by atoms with Gasteiger partial charge in [-0.3, -0.25) is 14.4 Å². The average molecular weight is 353 g/mol. The summed E-state index contributed by atoms with van der Waals surface area (Å²) in [6, 6.07) is -0.234. The van der Waals surface area contributed by atoms with Gasteiger partial charge >= 0.3 is 11.9 Å². The minimum Gasteiger partial charge on any atom is -0.463 e. The van der Waals surface area contributed by atoms with Gasteiger partial charge < -0.3 is 14.8 Å². The lowest BCUT2D eigenvalue weighted by Gasteiger charge is -2.24. The van der Waals surface area contributed by atoms with Crippen LogP contribution in [0, 0.1) is 11.8 Å². The topological polar surface area (TPSA) is 81.7 Å². The molecule has 0 aromatic carbocycles. The van der Waals surface area contributed by atoms with E-state index in [4.69, 9.17) is 9.47 Å². The molecule has 1 rings (SSSR count). The van der Waals surface area contributed by atoms with Crippen LogP contribution in [-0.4, -0.2) is 36.1 Å². The fourth-order valence-electron chi connectivity index (χ4n) is 2.41. The molecule has 1 N–H and O–H groups in total. The summed E-state index contributed by atoms with van der Waals surface area (Å²) in [7, 11) is 0. The molecule has 0 saturated heterocycles. The first kappa shape index (κ1) is 21.2. The van der Waals surface area contributed by atoms with Gasteiger partial charge in [0.25, 0.3) is 0 Å². The maximum Gasteiger partial charge on any atom is 0.309 e. The van der Waals surface area contributed by atoms with Crippen molar-refractivity contribution in [1.29, 1.82) is 0 Å². The Balaban J connectivity index is 2.80. The molecule has 0 aromatic heterocycles. The van der Waals surface area contributed by atoms with E-state index in [2.05, 4.69) is 5.32 Å². The lowest BCUT2D eigenvalue weighted by molar-refractivity contribution is -0.162. The van der Waals surface area contributed by atoms with Gasteiger partial charge in [0.15, 0.2) is 0 Å². The highest BCUT2D eigenvalue weighted by Gasteiger charge is 2.27. The number of allylic oxidation sites excluding steroid dienone is 2. The highest BCUT2D eigenvalue weighted by Crippen LogP contribution is 2.18. The fourth-order valence-corrected chi connectivity index (χ4v) is 2.41. The Hall–Kier alpha value is -1.85. The van der Waals surface area contributed by atoms with Crippen LogP contribution < -0.4 is 5.32 Å². The maximum absolute atomic E-state index is 12.4. The third-order valence-corrected chi connectivity index (χ3v) is 3.85. The van der Waals surface area contributed by atoms with Crippen molar-refractivity contribution in [2.24, 2.45) is 11.8 Å². The molecular formula is C19H31NO5. The molecule has 25 heavy (non-hydrogen) atoms. The summed E-state index contributed by atoms with van der Waals surface area (Å²) in [5, 5.41) is 2.90. The average Bonchev–Trinajstić information content (AvgIpc) is 2.46. The predicted octanol–water partition coefficient (Wildman–Crippen LogP) is 2.76. The normalized spacial score (nSPS) is 23.3. The number of cyclic esters (lactones) is 1. The largest absolute Gasteiger partial charge is 0.463 e. The van der Waals surface area contributed by atoms with Crippen molar-refractivity contribution in [3.05, 3.63) is 12.2 Å². The Labute approximate surface area is 150 Å². The molecule has 1 amide bonds. The van der Waals surface area contributed by atoms with E-state index in [1.54, 1.807) is 20.8 Å². The lowest BCUT2D eigenvalue weighted by atomic mass is 10.00. The molecule has 1 aliphatic heterocycles. The SMILES string of the molecule is CC(C)[C@@H]1COC(=O)[C@H](CC(=O)OC(C)(C)C)CC=CCCC(=O)N1. The lowest BCUT2D eigenvalue weighted by Crippen LogP contribution is -2.42. The number of rotatable bonds is 3. The zero-order valence-electron chi connectivity index (χ0n) is 16.0. The second-order valence-corrected chi connectivity index (χ2v) is 7.78. The molecule has 0 bridgehead atoms. The second-order valence-electron chi connectivity index (χ2n) is 7.78. The molecule has 2 atom stereocenters. The smallest absolute Gasteiger partial charge is 0.309 e. The quantitative estimate of drug-likeness (QED) is 0.623. The molecular weight excluding hydrogens is 322 g/mol. The van der Waals surface area contributed by atoms with E-state index in [0.29, 0.717) is 19.3 Å². The van der Waals surface area contributed by atoms with Gasteiger partial charge in [0.2, 0.25) is 5.91 Å². The maximum atomic E-state index is 12.4. The van der Waals surface area contributed by atoms with Crippen molar-refractivity contribution >= 4 is 17.8 Å². The molecule has 0 unspecified atom stereocenters. The van der Waals surface area contributed by atoms with Crippen molar-refractivity contribution in [2.45, 2.75) is 71.9 Å². The minimum absolute atomic E-state index is 0.0147. The number of ether oxygens (including phenoxy) is 2. The summed E-state index contributed by atoms with van der Waals surface area (Å²) >= 11 is 0. The van der Waals surface area contributed by atoms with E-state index in [0.717, 1.165) is 0 Å². The van der Waals surface area contributed by atoms with Gasteiger partial charge in [-0.1, -0.05) is 26.0 Å². The molecule has 0 spiro atoms. The number of carbonyl (C=O) groups excluding carboxylic acids is 3. The van der Waals surface area contributed by atoms with Crippen LogP contribution in [0.3, 0.4) is 0 Å². The summed E-state index contributed by atoms with van der Waals surface area (Å²) in [6.45, 7) is 9.41. The molecule has 0 radical (unpaired) electrons. The van der Waals surface area contributed by atoms with E-state index in [-0.39, 0.29) is 30.9 Å². The highest BCUT2D eigenvalue weighted by molar-refractivity contribution is 5.80. The number of hydrogen-bond donors (Lipinski definition) is 1. The van der Waals surface area contributed by atoms with Gasteiger partial charge in [-0.25, -0.2) is 0 Å². The molecule has 6 nitrogen and oxygen atoms in total. The number of hydrogen-bond acceptors (Lipinski definition) is 5. The van der Waals surface area contributed by atoms with Gasteiger partial charge in [-0.05, 0) is 39.5 Å². The summed E-state index contributed by atoms with van der Waals surface area (Å²) in [5.74, 6) is -1.33. The van der Waals surface area contributed by atoms with Gasteiger partial charge in [-0.2, -0.15) is 0 Å². The standard InChI is InChI=1S/C19H31NO5/c1-13(2)15-12-24-18(23)14(11-17(22)25-19(3,4)5)9-7-6-8-10-16(21)20-15/h6-7,13-15H,8-12H2,1-5H3,(H,20,21)/t14-,15-/m0/s1. The van der Waals surface area contributed by atoms with Crippen molar-refractivity contribution in [3.8, 4) is 0 Å². The number of nitrogens with one attached hydrogen (secondary N) is 1. The van der Waals surface area contributed by atoms with Gasteiger partial charge in [0, 0.05) is 6.42 Å². The van der Waals surface area contributed by atoms with E-state index < -0.39 is 23.5 Å². The van der Waals surface area contributed by atoms with Crippen molar-refractivity contribution < 1.29 is 23.9 Å². The minimum atomic E-state index is -0.588. The van der Waals surface area contributed by atoms with Crippen LogP contribution in [0.2, 0.25) is 0 Å². The zero-order valence-corrected chi connectivity index (χ0v) is 16.0. The second kappa shape index (κ2) is 9.59. The van der Waals surface area contributed by atoms with E-state index >= 15 is 0 Å². The van der Waals surface area contributed by atoms with Crippen LogP contribution in [-0.2, 0) is 23.9 Å². The van der Waals surface area contributed by atoms with Crippen LogP contribution in [0.4, 0.5) is 0 Å². The first-order chi connectivity index (χ1) is 11.6. The van der Waals surface area contributed by atoms with Crippen LogP contribution in [0.5, 0.6) is 0 Å². The summed E-state index contributed by atoms with van der Waals surface area (Å²) in [4.78, 5) is 36.3. The predicted molar refractivity (Wildman–Crippen MR) is 94.7 cm³/mol. The highest BCUT2D eigenvalue weighted by atomic mass is 16.6. The Bertz CT molecular complexity index is 504. The summed E-state index contributed by atoms with van der Waals surface area (Å²) < 4.78 is 10.7. The molecule has 0 saturated carbocycles. The molecule has 142 valence electrons. The monoisotopic (exact) mass is 353 g/mol. The number of amides is 1. The number of carbonyl (C=O) groups is 3. The fraction of sp³-hybridized carbons (Fsp3) is 0.737. The molecule has 1 heterocycles. The van der Waals surface area contributed by atoms with Crippen LogP contribution >= 0.6 is 0 Å². The summed E-state index contributed by atoms with van der Waals surface area (Å²) in [5.41, 5.74) is -0.588. The van der Waals surface area contributed by atoms with Gasteiger partial charge in [-0.15, -0.1) is 0 Å². The Morgan fingerprint density at radius 2 is 2.00 bits per heavy atom. The third-order valence-electron chi connectivity index (χ3n) is 3.85. The Morgan fingerprint density at radius 3 is 2.60 bits per heavy atom. The van der Waals surface area contributed by atoms with Crippen molar-refractivity contribution in [1.82, 2.24) is 5.32 Å². The first-order valence-corrected chi connectivity index (χ1v) is 8.91. The van der Waals surface area contributed by atoms with Gasteiger partial charge in [0.1, 0.15) is 12.2 Å². The molecule has 0 aromatic rings. The van der Waals surface area contributed by atoms with E-state index in [1.165, 1.54) is 0 Å². The van der Waals surface area contributed by atoms with Crippen LogP contribution in [0.1, 0.15) is 60.3 Å². The van der Waals surface area contributed by atoms with E-state index in [1.807, 2.05) is 26.0 Å². The zero-order chi connectivity index (χ0) is 19.0. The molecule has 0 fully saturated rings.